The van der Waals surface area contributed by atoms with Gasteiger partial charge in [0, 0.05) is 23.7 Å². The summed E-state index contributed by atoms with van der Waals surface area (Å²) in [7, 11) is 1.70. The monoisotopic (exact) mass is 218 g/mol. The van der Waals surface area contributed by atoms with Gasteiger partial charge in [0.2, 0.25) is 0 Å². The van der Waals surface area contributed by atoms with E-state index in [1.54, 1.807) is 7.11 Å². The summed E-state index contributed by atoms with van der Waals surface area (Å²) < 4.78 is 7.63. The van der Waals surface area contributed by atoms with Crippen molar-refractivity contribution in [1.82, 2.24) is 4.57 Å². The number of hydrogen-bond donors (Lipinski definition) is 1. The van der Waals surface area contributed by atoms with Crippen LogP contribution in [0.2, 0.25) is 0 Å². The van der Waals surface area contributed by atoms with Crippen molar-refractivity contribution in [2.24, 2.45) is 5.73 Å². The van der Waals surface area contributed by atoms with Crippen molar-refractivity contribution in [3.05, 3.63) is 30.0 Å². The molecule has 0 atom stereocenters. The molecule has 2 N–H and O–H groups in total. The Morgan fingerprint density at radius 3 is 2.69 bits per heavy atom. The first kappa shape index (κ1) is 11.0. The van der Waals surface area contributed by atoms with Crippen LogP contribution >= 0.6 is 0 Å². The minimum atomic E-state index is 0.406. The van der Waals surface area contributed by atoms with E-state index in [0.29, 0.717) is 12.6 Å². The molecule has 3 nitrogen and oxygen atoms in total. The quantitative estimate of drug-likeness (QED) is 0.860. The Bertz CT molecular complexity index is 500. The van der Waals surface area contributed by atoms with E-state index in [9.17, 15) is 0 Å². The summed E-state index contributed by atoms with van der Waals surface area (Å²) >= 11 is 0. The van der Waals surface area contributed by atoms with E-state index in [4.69, 9.17) is 10.5 Å². The molecule has 0 unspecified atom stereocenters. The molecule has 0 amide bonds. The molecule has 3 heteroatoms. The molecule has 0 fully saturated rings. The van der Waals surface area contributed by atoms with E-state index in [0.717, 1.165) is 16.8 Å². The molecule has 1 aromatic heterocycles. The molecule has 16 heavy (non-hydrogen) atoms. The van der Waals surface area contributed by atoms with E-state index in [-0.39, 0.29) is 0 Å². The highest BCUT2D eigenvalue weighted by atomic mass is 16.5. The number of hydrogen-bond acceptors (Lipinski definition) is 2. The van der Waals surface area contributed by atoms with Gasteiger partial charge < -0.3 is 15.0 Å². The van der Waals surface area contributed by atoms with E-state index >= 15 is 0 Å². The van der Waals surface area contributed by atoms with Gasteiger partial charge in [0.05, 0.1) is 12.6 Å². The van der Waals surface area contributed by atoms with Crippen molar-refractivity contribution in [3.8, 4) is 5.75 Å². The van der Waals surface area contributed by atoms with Crippen molar-refractivity contribution < 1.29 is 4.74 Å². The number of nitrogens with zero attached hydrogens (tertiary/aromatic N) is 1. The summed E-state index contributed by atoms with van der Waals surface area (Å²) in [6.07, 6.45) is 0. The van der Waals surface area contributed by atoms with Crippen LogP contribution in [-0.2, 0) is 6.54 Å². The van der Waals surface area contributed by atoms with Gasteiger partial charge in [-0.25, -0.2) is 0 Å². The molecule has 0 saturated heterocycles. The first-order valence-electron chi connectivity index (χ1n) is 5.56. The summed E-state index contributed by atoms with van der Waals surface area (Å²) in [5.41, 5.74) is 8.12. The van der Waals surface area contributed by atoms with Crippen LogP contribution < -0.4 is 10.5 Å². The van der Waals surface area contributed by atoms with Crippen LogP contribution in [0.1, 0.15) is 25.6 Å². The smallest absolute Gasteiger partial charge is 0.128 e. The third-order valence-electron chi connectivity index (χ3n) is 2.87. The third kappa shape index (κ3) is 1.57. The first-order chi connectivity index (χ1) is 7.69. The standard InChI is InChI=1S/C13H18N2O/c1-9(2)15-10(8-14)7-11-12(15)5-4-6-13(11)16-3/h4-7,9H,8,14H2,1-3H3. The fourth-order valence-corrected chi connectivity index (χ4v) is 2.22. The Hall–Kier alpha value is -1.48. The van der Waals surface area contributed by atoms with Gasteiger partial charge in [0.1, 0.15) is 5.75 Å². The van der Waals surface area contributed by atoms with Crippen LogP contribution in [0.15, 0.2) is 24.3 Å². The summed E-state index contributed by atoms with van der Waals surface area (Å²) in [5, 5.41) is 1.14. The Kier molecular flexibility index (Phi) is 2.88. The number of rotatable bonds is 3. The predicted molar refractivity (Wildman–Crippen MR) is 66.8 cm³/mol. The first-order valence-corrected chi connectivity index (χ1v) is 5.56. The Labute approximate surface area is 95.8 Å². The van der Waals surface area contributed by atoms with E-state index in [2.05, 4.69) is 30.5 Å². The minimum Gasteiger partial charge on any atom is -0.496 e. The van der Waals surface area contributed by atoms with Crippen LogP contribution in [0.3, 0.4) is 0 Å². The van der Waals surface area contributed by atoms with Crippen LogP contribution in [0.5, 0.6) is 5.75 Å². The number of fused-ring (bicyclic) bond motifs is 1. The number of nitrogens with two attached hydrogens (primary N) is 1. The van der Waals surface area contributed by atoms with Gasteiger partial charge in [-0.05, 0) is 32.0 Å². The Morgan fingerprint density at radius 2 is 2.12 bits per heavy atom. The number of aromatic nitrogens is 1. The molecule has 0 aliphatic carbocycles. The molecule has 0 aliphatic heterocycles. The summed E-state index contributed by atoms with van der Waals surface area (Å²) in [5.74, 6) is 0.909. The van der Waals surface area contributed by atoms with Crippen molar-refractivity contribution in [1.29, 1.82) is 0 Å². The fraction of sp³-hybridized carbons (Fsp3) is 0.385. The zero-order valence-corrected chi connectivity index (χ0v) is 10.0. The maximum absolute atomic E-state index is 5.78. The molecule has 1 aromatic carbocycles. The topological polar surface area (TPSA) is 40.2 Å². The van der Waals surface area contributed by atoms with E-state index in [1.807, 2.05) is 12.1 Å². The zero-order valence-electron chi connectivity index (χ0n) is 10.0. The summed E-state index contributed by atoms with van der Waals surface area (Å²) in [6.45, 7) is 4.88. The zero-order chi connectivity index (χ0) is 11.7. The predicted octanol–water partition coefficient (Wildman–Crippen LogP) is 2.69. The average molecular weight is 218 g/mol. The molecule has 86 valence electrons. The second kappa shape index (κ2) is 4.18. The second-order valence-electron chi connectivity index (χ2n) is 4.20. The van der Waals surface area contributed by atoms with Crippen LogP contribution in [0.4, 0.5) is 0 Å². The Morgan fingerprint density at radius 1 is 1.38 bits per heavy atom. The van der Waals surface area contributed by atoms with Crippen molar-refractivity contribution in [2.75, 3.05) is 7.11 Å². The van der Waals surface area contributed by atoms with Gasteiger partial charge in [0.15, 0.2) is 0 Å². The third-order valence-corrected chi connectivity index (χ3v) is 2.87. The van der Waals surface area contributed by atoms with Gasteiger partial charge >= 0.3 is 0 Å². The number of benzene rings is 1. The van der Waals surface area contributed by atoms with Crippen LogP contribution in [0.25, 0.3) is 10.9 Å². The van der Waals surface area contributed by atoms with Crippen molar-refractivity contribution in [2.45, 2.75) is 26.4 Å². The number of ether oxygens (including phenoxy) is 1. The largest absolute Gasteiger partial charge is 0.496 e. The van der Waals surface area contributed by atoms with E-state index < -0.39 is 0 Å². The van der Waals surface area contributed by atoms with Crippen LogP contribution in [0, 0.1) is 0 Å². The Balaban J connectivity index is 2.77. The lowest BCUT2D eigenvalue weighted by Gasteiger charge is -2.13. The van der Waals surface area contributed by atoms with Crippen molar-refractivity contribution in [3.63, 3.8) is 0 Å². The molecule has 0 aliphatic rings. The minimum absolute atomic E-state index is 0.406. The van der Waals surface area contributed by atoms with Gasteiger partial charge in [-0.3, -0.25) is 0 Å². The lowest BCUT2D eigenvalue weighted by Crippen LogP contribution is -2.08. The highest BCUT2D eigenvalue weighted by Gasteiger charge is 2.12. The van der Waals surface area contributed by atoms with Gasteiger partial charge in [-0.1, -0.05) is 6.07 Å². The molecule has 0 radical (unpaired) electrons. The maximum Gasteiger partial charge on any atom is 0.128 e. The lowest BCUT2D eigenvalue weighted by molar-refractivity contribution is 0.420. The normalized spacial score (nSPS) is 11.3. The molecular formula is C13H18N2O. The molecule has 0 spiro atoms. The van der Waals surface area contributed by atoms with E-state index in [1.165, 1.54) is 5.52 Å². The summed E-state index contributed by atoms with van der Waals surface area (Å²) in [6, 6.07) is 8.63. The molecule has 0 bridgehead atoms. The fourth-order valence-electron chi connectivity index (χ4n) is 2.22. The maximum atomic E-state index is 5.78. The number of methoxy groups -OCH3 is 1. The molecule has 2 rings (SSSR count). The highest BCUT2D eigenvalue weighted by Crippen LogP contribution is 2.30. The van der Waals surface area contributed by atoms with Gasteiger partial charge in [-0.15, -0.1) is 0 Å². The van der Waals surface area contributed by atoms with Gasteiger partial charge in [-0.2, -0.15) is 0 Å². The molecule has 2 aromatic rings. The van der Waals surface area contributed by atoms with Crippen LogP contribution in [-0.4, -0.2) is 11.7 Å². The lowest BCUT2D eigenvalue weighted by atomic mass is 10.2. The van der Waals surface area contributed by atoms with Crippen molar-refractivity contribution >= 4 is 10.9 Å². The second-order valence-corrected chi connectivity index (χ2v) is 4.20. The average Bonchev–Trinajstić information content (AvgIpc) is 2.66. The molecular weight excluding hydrogens is 200 g/mol. The molecule has 0 saturated carbocycles. The van der Waals surface area contributed by atoms with Gasteiger partial charge in [0.25, 0.3) is 0 Å². The summed E-state index contributed by atoms with van der Waals surface area (Å²) in [4.78, 5) is 0. The SMILES string of the molecule is COc1cccc2c1cc(CN)n2C(C)C. The molecule has 1 heterocycles. The highest BCUT2D eigenvalue weighted by molar-refractivity contribution is 5.87.